The Morgan fingerprint density at radius 2 is 1.91 bits per heavy atom. The number of aliphatic hydroxyl groups is 1. The van der Waals surface area contributed by atoms with Crippen molar-refractivity contribution in [1.82, 2.24) is 9.55 Å². The highest BCUT2D eigenvalue weighted by atomic mass is 19.1. The van der Waals surface area contributed by atoms with Crippen molar-refractivity contribution in [3.05, 3.63) is 62.9 Å². The number of alkyl halides is 1. The van der Waals surface area contributed by atoms with Gasteiger partial charge in [0.25, 0.3) is 5.56 Å². The third-order valence-corrected chi connectivity index (χ3v) is 3.29. The summed E-state index contributed by atoms with van der Waals surface area (Å²) in [5, 5.41) is 9.03. The fourth-order valence-electron chi connectivity index (χ4n) is 2.21. The molecule has 0 unspecified atom stereocenters. The largest absolute Gasteiger partial charge is 0.395 e. The van der Waals surface area contributed by atoms with Crippen molar-refractivity contribution in [3.8, 4) is 0 Å². The molecule has 0 aliphatic carbocycles. The van der Waals surface area contributed by atoms with E-state index in [1.165, 1.54) is 11.1 Å². The summed E-state index contributed by atoms with van der Waals surface area (Å²) in [5.41, 5.74) is -0.0509. The molecule has 0 aliphatic heterocycles. The monoisotopic (exact) mass is 307 g/mol. The fraction of sp³-hybridized carbons (Fsp3) is 0.333. The maximum Gasteiger partial charge on any atom is 0.328 e. The molecule has 0 bridgehead atoms. The zero-order valence-corrected chi connectivity index (χ0v) is 12.0. The fourth-order valence-corrected chi connectivity index (χ4v) is 2.21. The third kappa shape index (κ3) is 3.62. The Kier molecular flexibility index (Phi) is 5.48. The minimum absolute atomic E-state index is 0.0207. The lowest BCUT2D eigenvalue weighted by Gasteiger charge is -2.22. The van der Waals surface area contributed by atoms with Gasteiger partial charge in [0.2, 0.25) is 0 Å². The van der Waals surface area contributed by atoms with E-state index in [4.69, 9.17) is 5.11 Å². The molecule has 1 aromatic carbocycles. The number of hydrogen-bond donors (Lipinski definition) is 2. The maximum atomic E-state index is 12.6. The Bertz CT molecular complexity index is 706. The molecule has 0 spiro atoms. The Hall–Kier alpha value is -2.41. The molecule has 0 fully saturated rings. The molecule has 2 rings (SSSR count). The molecule has 0 saturated heterocycles. The van der Waals surface area contributed by atoms with Gasteiger partial charge in [-0.3, -0.25) is 9.36 Å². The maximum absolute atomic E-state index is 12.6. The Balaban J connectivity index is 2.40. The number of nitrogens with one attached hydrogen (secondary N) is 1. The summed E-state index contributed by atoms with van der Waals surface area (Å²) in [5.74, 6) is 0. The summed E-state index contributed by atoms with van der Waals surface area (Å²) < 4.78 is 13.7. The molecule has 118 valence electrons. The van der Waals surface area contributed by atoms with E-state index in [0.29, 0.717) is 0 Å². The summed E-state index contributed by atoms with van der Waals surface area (Å²) in [6.07, 6.45) is 1.26. The predicted molar refractivity (Wildman–Crippen MR) is 82.1 cm³/mol. The van der Waals surface area contributed by atoms with Gasteiger partial charge in [0.05, 0.1) is 13.2 Å². The van der Waals surface area contributed by atoms with Gasteiger partial charge in [-0.05, 0) is 5.56 Å². The quantitative estimate of drug-likeness (QED) is 0.774. The summed E-state index contributed by atoms with van der Waals surface area (Å²) in [4.78, 5) is 28.3. The molecule has 7 heteroatoms. The van der Waals surface area contributed by atoms with Crippen LogP contribution in [0.3, 0.4) is 0 Å². The number of anilines is 1. The van der Waals surface area contributed by atoms with Gasteiger partial charge in [0.1, 0.15) is 12.4 Å². The van der Waals surface area contributed by atoms with Crippen LogP contribution in [0.2, 0.25) is 0 Å². The summed E-state index contributed by atoms with van der Waals surface area (Å²) >= 11 is 0. The van der Waals surface area contributed by atoms with Crippen LogP contribution in [-0.4, -0.2) is 41.0 Å². The van der Waals surface area contributed by atoms with Gasteiger partial charge in [-0.2, -0.15) is 0 Å². The van der Waals surface area contributed by atoms with Crippen LogP contribution in [0.1, 0.15) is 5.56 Å². The van der Waals surface area contributed by atoms with Crippen LogP contribution in [0.4, 0.5) is 10.1 Å². The molecule has 2 N–H and O–H groups in total. The van der Waals surface area contributed by atoms with Crippen molar-refractivity contribution in [3.63, 3.8) is 0 Å². The van der Waals surface area contributed by atoms with Crippen molar-refractivity contribution in [2.24, 2.45) is 0 Å². The summed E-state index contributed by atoms with van der Waals surface area (Å²) in [6.45, 7) is -0.635. The molecular formula is C15H18FN3O3. The number of aliphatic hydroxyl groups excluding tert-OH is 1. The molecule has 1 heterocycles. The van der Waals surface area contributed by atoms with Crippen LogP contribution < -0.4 is 16.1 Å². The molecule has 0 saturated carbocycles. The van der Waals surface area contributed by atoms with Crippen LogP contribution in [0, 0.1) is 0 Å². The number of nitrogens with zero attached hydrogens (tertiary/aromatic N) is 2. The minimum Gasteiger partial charge on any atom is -0.395 e. The molecule has 2 aromatic rings. The van der Waals surface area contributed by atoms with E-state index < -0.39 is 17.9 Å². The Morgan fingerprint density at radius 3 is 2.55 bits per heavy atom. The molecule has 0 radical (unpaired) electrons. The van der Waals surface area contributed by atoms with E-state index in [0.717, 1.165) is 10.1 Å². The number of hydrogen-bond acceptors (Lipinski definition) is 4. The van der Waals surface area contributed by atoms with E-state index in [9.17, 15) is 14.0 Å². The van der Waals surface area contributed by atoms with E-state index in [1.54, 1.807) is 0 Å². The van der Waals surface area contributed by atoms with Crippen LogP contribution in [0.15, 0.2) is 46.1 Å². The first kappa shape index (κ1) is 16.0. The minimum atomic E-state index is -0.656. The van der Waals surface area contributed by atoms with E-state index >= 15 is 0 Å². The SMILES string of the molecule is O=c1[nH]cc(N(CCO)CCF)c(=O)n1Cc1ccccc1. The molecule has 1 aromatic heterocycles. The van der Waals surface area contributed by atoms with Gasteiger partial charge >= 0.3 is 5.69 Å². The normalized spacial score (nSPS) is 10.6. The number of H-pyrrole nitrogens is 1. The van der Waals surface area contributed by atoms with Gasteiger partial charge < -0.3 is 15.0 Å². The third-order valence-electron chi connectivity index (χ3n) is 3.29. The highest BCUT2D eigenvalue weighted by Crippen LogP contribution is 2.06. The van der Waals surface area contributed by atoms with Crippen LogP contribution >= 0.6 is 0 Å². The average molecular weight is 307 g/mol. The summed E-state index contributed by atoms with van der Waals surface area (Å²) in [7, 11) is 0. The van der Waals surface area contributed by atoms with Gasteiger partial charge in [-0.1, -0.05) is 30.3 Å². The smallest absolute Gasteiger partial charge is 0.328 e. The first-order valence-corrected chi connectivity index (χ1v) is 6.95. The highest BCUT2D eigenvalue weighted by Gasteiger charge is 2.14. The van der Waals surface area contributed by atoms with Gasteiger partial charge in [0.15, 0.2) is 0 Å². The number of aromatic amines is 1. The second-order valence-electron chi connectivity index (χ2n) is 4.76. The molecule has 6 nitrogen and oxygen atoms in total. The zero-order valence-electron chi connectivity index (χ0n) is 12.0. The number of rotatable bonds is 7. The van der Waals surface area contributed by atoms with Crippen molar-refractivity contribution in [1.29, 1.82) is 0 Å². The van der Waals surface area contributed by atoms with Crippen LogP contribution in [0.25, 0.3) is 0 Å². The second kappa shape index (κ2) is 7.56. The number of halogens is 1. The first-order valence-electron chi connectivity index (χ1n) is 6.95. The highest BCUT2D eigenvalue weighted by molar-refractivity contribution is 5.42. The Morgan fingerprint density at radius 1 is 1.18 bits per heavy atom. The summed E-state index contributed by atoms with van der Waals surface area (Å²) in [6, 6.07) is 9.10. The van der Waals surface area contributed by atoms with Gasteiger partial charge in [-0.15, -0.1) is 0 Å². The van der Waals surface area contributed by atoms with Crippen molar-refractivity contribution >= 4 is 5.69 Å². The van der Waals surface area contributed by atoms with Crippen LogP contribution in [0.5, 0.6) is 0 Å². The van der Waals surface area contributed by atoms with Gasteiger partial charge in [0, 0.05) is 19.3 Å². The molecule has 0 amide bonds. The lowest BCUT2D eigenvalue weighted by Crippen LogP contribution is -2.41. The predicted octanol–water partition coefficient (Wildman–Crippen LogP) is 0.353. The number of aromatic nitrogens is 2. The average Bonchev–Trinajstić information content (AvgIpc) is 2.52. The number of benzene rings is 1. The lowest BCUT2D eigenvalue weighted by atomic mass is 10.2. The van der Waals surface area contributed by atoms with E-state index in [1.807, 2.05) is 30.3 Å². The lowest BCUT2D eigenvalue weighted by molar-refractivity contribution is 0.300. The zero-order chi connectivity index (χ0) is 15.9. The van der Waals surface area contributed by atoms with Crippen molar-refractivity contribution < 1.29 is 9.50 Å². The van der Waals surface area contributed by atoms with Crippen LogP contribution in [-0.2, 0) is 6.54 Å². The van der Waals surface area contributed by atoms with E-state index in [2.05, 4.69) is 4.98 Å². The van der Waals surface area contributed by atoms with Crippen molar-refractivity contribution in [2.45, 2.75) is 6.54 Å². The van der Waals surface area contributed by atoms with Crippen molar-refractivity contribution in [2.75, 3.05) is 31.3 Å². The molecule has 0 aliphatic rings. The second-order valence-corrected chi connectivity index (χ2v) is 4.76. The topological polar surface area (TPSA) is 78.3 Å². The first-order chi connectivity index (χ1) is 10.7. The van der Waals surface area contributed by atoms with E-state index in [-0.39, 0.29) is 31.9 Å². The molecule has 22 heavy (non-hydrogen) atoms. The standard InChI is InChI=1S/C15H18FN3O3/c16-6-7-18(8-9-20)13-10-17-15(22)19(14(13)21)11-12-4-2-1-3-5-12/h1-5,10,20H,6-9,11H2,(H,17,22). The molecule has 0 atom stereocenters. The Labute approximate surface area is 126 Å². The molecular weight excluding hydrogens is 289 g/mol. The van der Waals surface area contributed by atoms with Gasteiger partial charge in [-0.25, -0.2) is 9.18 Å².